The molecule has 0 atom stereocenters. The first-order chi connectivity index (χ1) is 7.81. The zero-order valence-corrected chi connectivity index (χ0v) is 10.1. The fourth-order valence-electron chi connectivity index (χ4n) is 1.58. The number of nitrogens with zero attached hydrogens (tertiary/aromatic N) is 2. The van der Waals surface area contributed by atoms with Gasteiger partial charge in [0.1, 0.15) is 0 Å². The Balaban J connectivity index is 2.73. The second-order valence-electron chi connectivity index (χ2n) is 3.75. The van der Waals surface area contributed by atoms with E-state index < -0.39 is 0 Å². The van der Waals surface area contributed by atoms with Crippen molar-refractivity contribution in [2.24, 2.45) is 0 Å². The van der Waals surface area contributed by atoms with Gasteiger partial charge in [-0.25, -0.2) is 0 Å². The van der Waals surface area contributed by atoms with Crippen LogP contribution in [0.4, 0.5) is 11.4 Å². The molecule has 0 radical (unpaired) electrons. The Labute approximate surface area is 97.3 Å². The fourth-order valence-corrected chi connectivity index (χ4v) is 1.58. The van der Waals surface area contributed by atoms with Crippen molar-refractivity contribution in [3.05, 3.63) is 18.5 Å². The van der Waals surface area contributed by atoms with E-state index >= 15 is 0 Å². The number of pyridine rings is 1. The molecule has 16 heavy (non-hydrogen) atoms. The smallest absolute Gasteiger partial charge is 0.0606 e. The van der Waals surface area contributed by atoms with Crippen molar-refractivity contribution in [1.29, 1.82) is 0 Å². The fraction of sp³-hybridized carbons (Fsp3) is 0.583. The van der Waals surface area contributed by atoms with E-state index in [2.05, 4.69) is 28.2 Å². The summed E-state index contributed by atoms with van der Waals surface area (Å²) >= 11 is 0. The van der Waals surface area contributed by atoms with Crippen LogP contribution in [0.1, 0.15) is 19.8 Å². The van der Waals surface area contributed by atoms with Gasteiger partial charge in [-0.3, -0.25) is 4.98 Å². The Morgan fingerprint density at radius 1 is 1.38 bits per heavy atom. The maximum atomic E-state index is 9.05. The molecule has 0 saturated carbocycles. The largest absolute Gasteiger partial charge is 0.395 e. The molecular weight excluding hydrogens is 202 g/mol. The van der Waals surface area contributed by atoms with E-state index in [0.717, 1.165) is 30.8 Å². The summed E-state index contributed by atoms with van der Waals surface area (Å²) in [4.78, 5) is 6.34. The standard InChI is InChI=1S/C12H21N3O/c1-3-4-5-15(6-7-16)12-8-11(13-2)9-14-10-12/h8-10,13,16H,3-7H2,1-2H3. The molecule has 0 fully saturated rings. The van der Waals surface area contributed by atoms with Crippen LogP contribution in [0.2, 0.25) is 0 Å². The van der Waals surface area contributed by atoms with Gasteiger partial charge >= 0.3 is 0 Å². The maximum absolute atomic E-state index is 9.05. The van der Waals surface area contributed by atoms with Crippen molar-refractivity contribution in [3.8, 4) is 0 Å². The van der Waals surface area contributed by atoms with Crippen molar-refractivity contribution in [2.75, 3.05) is 37.0 Å². The first kappa shape index (κ1) is 12.8. The molecule has 0 aliphatic rings. The zero-order valence-electron chi connectivity index (χ0n) is 10.1. The molecule has 2 N–H and O–H groups in total. The zero-order chi connectivity index (χ0) is 11.8. The second kappa shape index (κ2) is 7.06. The Kier molecular flexibility index (Phi) is 5.64. The van der Waals surface area contributed by atoms with Gasteiger partial charge in [0.05, 0.1) is 30.4 Å². The van der Waals surface area contributed by atoms with Crippen LogP contribution < -0.4 is 10.2 Å². The molecular formula is C12H21N3O. The van der Waals surface area contributed by atoms with E-state index in [0.29, 0.717) is 6.54 Å². The lowest BCUT2D eigenvalue weighted by atomic mass is 10.2. The summed E-state index contributed by atoms with van der Waals surface area (Å²) in [5.74, 6) is 0. The van der Waals surface area contributed by atoms with Gasteiger partial charge in [0.25, 0.3) is 0 Å². The maximum Gasteiger partial charge on any atom is 0.0606 e. The molecule has 0 aliphatic heterocycles. The third-order valence-corrected chi connectivity index (χ3v) is 2.53. The molecule has 0 spiro atoms. The van der Waals surface area contributed by atoms with E-state index in [1.807, 2.05) is 13.2 Å². The Hall–Kier alpha value is -1.29. The minimum atomic E-state index is 0.174. The SMILES string of the molecule is CCCCN(CCO)c1cncc(NC)c1. The lowest BCUT2D eigenvalue weighted by Gasteiger charge is -2.23. The number of rotatable bonds is 7. The van der Waals surface area contributed by atoms with Gasteiger partial charge in [-0.2, -0.15) is 0 Å². The van der Waals surface area contributed by atoms with Crippen LogP contribution in [0.25, 0.3) is 0 Å². The number of hydrogen-bond donors (Lipinski definition) is 2. The van der Waals surface area contributed by atoms with Gasteiger partial charge in [-0.15, -0.1) is 0 Å². The molecule has 0 unspecified atom stereocenters. The van der Waals surface area contributed by atoms with Crippen LogP contribution in [0.3, 0.4) is 0 Å². The first-order valence-electron chi connectivity index (χ1n) is 5.80. The van der Waals surface area contributed by atoms with Crippen LogP contribution in [0.15, 0.2) is 18.5 Å². The summed E-state index contributed by atoms with van der Waals surface area (Å²) in [6, 6.07) is 2.05. The van der Waals surface area contributed by atoms with Crippen molar-refractivity contribution in [3.63, 3.8) is 0 Å². The summed E-state index contributed by atoms with van der Waals surface area (Å²) in [6.07, 6.45) is 5.91. The topological polar surface area (TPSA) is 48.4 Å². The van der Waals surface area contributed by atoms with E-state index in [4.69, 9.17) is 5.11 Å². The van der Waals surface area contributed by atoms with E-state index in [9.17, 15) is 0 Å². The highest BCUT2D eigenvalue weighted by Crippen LogP contribution is 2.17. The van der Waals surface area contributed by atoms with Crippen molar-refractivity contribution in [1.82, 2.24) is 4.98 Å². The summed E-state index contributed by atoms with van der Waals surface area (Å²) < 4.78 is 0. The van der Waals surface area contributed by atoms with E-state index in [1.165, 1.54) is 0 Å². The number of aromatic nitrogens is 1. The molecule has 0 aromatic carbocycles. The molecule has 1 heterocycles. The molecule has 0 saturated heterocycles. The van der Waals surface area contributed by atoms with Crippen molar-refractivity contribution >= 4 is 11.4 Å². The number of unbranched alkanes of at least 4 members (excludes halogenated alkanes) is 1. The van der Waals surface area contributed by atoms with Crippen molar-refractivity contribution in [2.45, 2.75) is 19.8 Å². The molecule has 0 aliphatic carbocycles. The van der Waals surface area contributed by atoms with Crippen LogP contribution in [0, 0.1) is 0 Å². The summed E-state index contributed by atoms with van der Waals surface area (Å²) in [5.41, 5.74) is 2.06. The lowest BCUT2D eigenvalue weighted by molar-refractivity contribution is 0.301. The average Bonchev–Trinajstić information content (AvgIpc) is 2.34. The molecule has 1 rings (SSSR count). The lowest BCUT2D eigenvalue weighted by Crippen LogP contribution is -2.27. The van der Waals surface area contributed by atoms with Gasteiger partial charge in [0, 0.05) is 20.1 Å². The second-order valence-corrected chi connectivity index (χ2v) is 3.75. The van der Waals surface area contributed by atoms with Gasteiger partial charge in [0.15, 0.2) is 0 Å². The van der Waals surface area contributed by atoms with Gasteiger partial charge in [-0.1, -0.05) is 13.3 Å². The van der Waals surface area contributed by atoms with E-state index in [1.54, 1.807) is 6.20 Å². The molecule has 4 heteroatoms. The van der Waals surface area contributed by atoms with Crippen molar-refractivity contribution < 1.29 is 5.11 Å². The minimum absolute atomic E-state index is 0.174. The van der Waals surface area contributed by atoms with Crippen LogP contribution in [0.5, 0.6) is 0 Å². The monoisotopic (exact) mass is 223 g/mol. The highest BCUT2D eigenvalue weighted by atomic mass is 16.3. The number of hydrogen-bond acceptors (Lipinski definition) is 4. The van der Waals surface area contributed by atoms with Gasteiger partial charge < -0.3 is 15.3 Å². The molecule has 0 bridgehead atoms. The minimum Gasteiger partial charge on any atom is -0.395 e. The number of aliphatic hydroxyl groups is 1. The van der Waals surface area contributed by atoms with Crippen LogP contribution in [-0.2, 0) is 0 Å². The predicted molar refractivity (Wildman–Crippen MR) is 68.0 cm³/mol. The predicted octanol–water partition coefficient (Wildman–Crippen LogP) is 1.72. The Bertz CT molecular complexity index is 304. The highest BCUT2D eigenvalue weighted by Gasteiger charge is 2.06. The van der Waals surface area contributed by atoms with Gasteiger partial charge in [-0.05, 0) is 12.5 Å². The quantitative estimate of drug-likeness (QED) is 0.739. The van der Waals surface area contributed by atoms with Crippen LogP contribution in [-0.4, -0.2) is 36.8 Å². The molecule has 4 nitrogen and oxygen atoms in total. The number of aliphatic hydroxyl groups excluding tert-OH is 1. The molecule has 90 valence electrons. The van der Waals surface area contributed by atoms with E-state index in [-0.39, 0.29) is 6.61 Å². The number of anilines is 2. The molecule has 1 aromatic heterocycles. The molecule has 0 amide bonds. The summed E-state index contributed by atoms with van der Waals surface area (Å²) in [6.45, 7) is 3.97. The van der Waals surface area contributed by atoms with Crippen LogP contribution >= 0.6 is 0 Å². The average molecular weight is 223 g/mol. The third kappa shape index (κ3) is 3.70. The molecule has 1 aromatic rings. The summed E-state index contributed by atoms with van der Waals surface area (Å²) in [7, 11) is 1.88. The summed E-state index contributed by atoms with van der Waals surface area (Å²) in [5, 5.41) is 12.1. The Morgan fingerprint density at radius 2 is 2.19 bits per heavy atom. The normalized spacial score (nSPS) is 10.2. The Morgan fingerprint density at radius 3 is 2.81 bits per heavy atom. The number of nitrogens with one attached hydrogen (secondary N) is 1. The third-order valence-electron chi connectivity index (χ3n) is 2.53. The van der Waals surface area contributed by atoms with Gasteiger partial charge in [0.2, 0.25) is 0 Å². The first-order valence-corrected chi connectivity index (χ1v) is 5.80. The highest BCUT2D eigenvalue weighted by molar-refractivity contribution is 5.55.